The molecule has 0 unspecified atom stereocenters. The van der Waals surface area contributed by atoms with Gasteiger partial charge in [-0.25, -0.2) is 4.18 Å². The predicted molar refractivity (Wildman–Crippen MR) is 146 cm³/mol. The summed E-state index contributed by atoms with van der Waals surface area (Å²) >= 11 is 0. The smallest absolute Gasteiger partial charge is 1.00 e. The van der Waals surface area contributed by atoms with Gasteiger partial charge in [-0.1, -0.05) is 116 Å². The summed E-state index contributed by atoms with van der Waals surface area (Å²) in [4.78, 5) is 11.8. The fraction of sp³-hybridized carbons (Fsp3) is 0.893. The van der Waals surface area contributed by atoms with Crippen molar-refractivity contribution in [2.75, 3.05) is 6.61 Å². The Labute approximate surface area is 246 Å². The molecule has 0 heterocycles. The summed E-state index contributed by atoms with van der Waals surface area (Å²) in [5.74, 6) is -0.739. The third kappa shape index (κ3) is 28.6. The number of carbonyl (C=O) groups is 1. The third-order valence-electron chi connectivity index (χ3n) is 6.14. The molecular weight excluding hydrogens is 487 g/mol. The van der Waals surface area contributed by atoms with Crippen LogP contribution in [0.4, 0.5) is 0 Å². The minimum atomic E-state index is -4.24. The van der Waals surface area contributed by atoms with Gasteiger partial charge in [0.2, 0.25) is 0 Å². The van der Waals surface area contributed by atoms with E-state index in [4.69, 9.17) is 4.18 Å². The Morgan fingerprint density at radius 3 is 1.94 bits per heavy atom. The summed E-state index contributed by atoms with van der Waals surface area (Å²) in [6.07, 6.45) is 25.0. The summed E-state index contributed by atoms with van der Waals surface area (Å²) in [7, 11) is -4.24. The normalized spacial score (nSPS) is 12.5. The van der Waals surface area contributed by atoms with E-state index >= 15 is 0 Å². The van der Waals surface area contributed by atoms with E-state index in [2.05, 4.69) is 30.2 Å². The van der Waals surface area contributed by atoms with E-state index in [1.807, 2.05) is 0 Å². The van der Waals surface area contributed by atoms with Gasteiger partial charge in [-0.2, -0.15) is 8.42 Å². The molecule has 1 atom stereocenters. The van der Waals surface area contributed by atoms with Crippen molar-refractivity contribution in [3.63, 3.8) is 0 Å². The average molecular weight is 543 g/mol. The van der Waals surface area contributed by atoms with Gasteiger partial charge in [0.25, 0.3) is 0 Å². The molecule has 8 heteroatoms. The van der Waals surface area contributed by atoms with E-state index in [0.29, 0.717) is 12.8 Å². The van der Waals surface area contributed by atoms with Crippen molar-refractivity contribution in [1.29, 1.82) is 0 Å². The number of allylic oxidation sites excluding steroid dienone is 1. The first kappa shape index (κ1) is 38.2. The maximum atomic E-state index is 11.8. The zero-order valence-corrected chi connectivity index (χ0v) is 26.5. The molecule has 0 aliphatic carbocycles. The summed E-state index contributed by atoms with van der Waals surface area (Å²) in [6.45, 7) is 4.45. The zero-order valence-electron chi connectivity index (χ0n) is 24.7. The number of hydrogen-bond acceptors (Lipinski definition) is 6. The van der Waals surface area contributed by atoms with Crippen LogP contribution < -0.4 is 29.6 Å². The molecule has 0 aromatic rings. The van der Waals surface area contributed by atoms with Crippen molar-refractivity contribution in [3.8, 4) is 0 Å². The number of aliphatic hydroxyl groups excluding tert-OH is 1. The molecule has 0 aromatic heterocycles. The van der Waals surface area contributed by atoms with Crippen molar-refractivity contribution in [1.82, 2.24) is 0 Å². The van der Waals surface area contributed by atoms with Crippen LogP contribution in [0.5, 0.6) is 0 Å². The SMILES string of the molecule is CCCCCCCCCCOS(=O)(=O)OC(=O)CCCCCCC/C=C\C[C@H](O)CCCCCC.[H-].[Na+]. The maximum Gasteiger partial charge on any atom is 1.00 e. The van der Waals surface area contributed by atoms with Gasteiger partial charge in [0.05, 0.1) is 12.7 Å². The van der Waals surface area contributed by atoms with Gasteiger partial charge >= 0.3 is 45.9 Å². The molecule has 0 rings (SSSR count). The zero-order chi connectivity index (χ0) is 26.0. The van der Waals surface area contributed by atoms with Crippen molar-refractivity contribution < 1.29 is 57.7 Å². The summed E-state index contributed by atoms with van der Waals surface area (Å²) in [5.41, 5.74) is 0. The molecule has 36 heavy (non-hydrogen) atoms. The first-order valence-electron chi connectivity index (χ1n) is 14.4. The fourth-order valence-electron chi connectivity index (χ4n) is 3.93. The topological polar surface area (TPSA) is 89.9 Å². The Morgan fingerprint density at radius 1 is 0.778 bits per heavy atom. The molecular formula is C28H55NaO6S. The van der Waals surface area contributed by atoms with Crippen molar-refractivity contribution in [3.05, 3.63) is 12.2 Å². The average Bonchev–Trinajstić information content (AvgIpc) is 2.81. The standard InChI is InChI=1S/C28H54O6S.Na.H/c1-3-5-7-9-10-15-18-22-26-33-35(31,32)34-28(30)25-21-17-14-12-11-13-16-20-24-27(29)23-19-8-6-4-2;;/h16,20,27,29H,3-15,17-19,21-26H2,1-2H3;;/q;+1;-1/b20-16-;;/t27-;;/m1../s1. The monoisotopic (exact) mass is 542 g/mol. The van der Waals surface area contributed by atoms with Crippen molar-refractivity contribution in [2.45, 2.75) is 155 Å². The number of unbranched alkanes of at least 4 members (excludes halogenated alkanes) is 15. The fourth-order valence-corrected chi connectivity index (χ4v) is 4.62. The molecule has 0 bridgehead atoms. The number of hydrogen-bond donors (Lipinski definition) is 1. The van der Waals surface area contributed by atoms with Crippen LogP contribution in [-0.2, 0) is 23.6 Å². The minimum absolute atomic E-state index is 0. The first-order valence-corrected chi connectivity index (χ1v) is 15.7. The quantitative estimate of drug-likeness (QED) is 0.0934. The van der Waals surface area contributed by atoms with Crippen LogP contribution in [-0.4, -0.2) is 32.2 Å². The number of carbonyl (C=O) groups excluding carboxylic acids is 1. The molecule has 0 aliphatic heterocycles. The number of rotatable bonds is 26. The van der Waals surface area contributed by atoms with Gasteiger partial charge < -0.3 is 10.7 Å². The minimum Gasteiger partial charge on any atom is -1.00 e. The summed E-state index contributed by atoms with van der Waals surface area (Å²) in [6, 6.07) is 0. The van der Waals surface area contributed by atoms with Gasteiger partial charge in [-0.15, -0.1) is 0 Å². The Kier molecular flexibility index (Phi) is 29.8. The molecule has 0 fully saturated rings. The third-order valence-corrected chi connectivity index (χ3v) is 6.98. The Morgan fingerprint density at radius 2 is 1.31 bits per heavy atom. The van der Waals surface area contributed by atoms with Crippen LogP contribution in [0.3, 0.4) is 0 Å². The molecule has 0 aromatic carbocycles. The molecule has 210 valence electrons. The molecule has 1 N–H and O–H groups in total. The van der Waals surface area contributed by atoms with E-state index in [1.54, 1.807) is 0 Å². The Hall–Kier alpha value is 0.0800. The second-order valence-electron chi connectivity index (χ2n) is 9.68. The molecule has 0 spiro atoms. The van der Waals surface area contributed by atoms with Crippen molar-refractivity contribution in [2.24, 2.45) is 0 Å². The van der Waals surface area contributed by atoms with E-state index in [9.17, 15) is 18.3 Å². The molecule has 0 amide bonds. The predicted octanol–water partition coefficient (Wildman–Crippen LogP) is 5.06. The van der Waals surface area contributed by atoms with Crippen LogP contribution in [0.25, 0.3) is 0 Å². The van der Waals surface area contributed by atoms with Crippen molar-refractivity contribution >= 4 is 16.4 Å². The second-order valence-corrected chi connectivity index (χ2v) is 10.9. The molecule has 6 nitrogen and oxygen atoms in total. The molecule has 0 saturated carbocycles. The number of aliphatic hydroxyl groups is 1. The van der Waals surface area contributed by atoms with Gasteiger partial charge in [-0.3, -0.25) is 4.79 Å². The Bertz CT molecular complexity index is 616. The van der Waals surface area contributed by atoms with Gasteiger partial charge in [0.1, 0.15) is 0 Å². The van der Waals surface area contributed by atoms with Crippen LogP contribution in [0.2, 0.25) is 0 Å². The van der Waals surface area contributed by atoms with Gasteiger partial charge in [-0.05, 0) is 38.5 Å². The van der Waals surface area contributed by atoms with E-state index in [0.717, 1.165) is 64.2 Å². The van der Waals surface area contributed by atoms with Gasteiger partial charge in [0.15, 0.2) is 0 Å². The maximum absolute atomic E-state index is 11.8. The van der Waals surface area contributed by atoms with Crippen LogP contribution >= 0.6 is 0 Å². The second kappa shape index (κ2) is 28.1. The largest absolute Gasteiger partial charge is 1.00 e. The molecule has 0 aliphatic rings. The van der Waals surface area contributed by atoms with Crippen LogP contribution in [0.15, 0.2) is 12.2 Å². The van der Waals surface area contributed by atoms with Crippen LogP contribution in [0.1, 0.15) is 150 Å². The molecule has 0 radical (unpaired) electrons. The van der Waals surface area contributed by atoms with Crippen LogP contribution in [0, 0.1) is 0 Å². The summed E-state index contributed by atoms with van der Waals surface area (Å²) in [5, 5.41) is 9.93. The van der Waals surface area contributed by atoms with E-state index in [-0.39, 0.29) is 50.1 Å². The summed E-state index contributed by atoms with van der Waals surface area (Å²) < 4.78 is 32.8. The first-order chi connectivity index (χ1) is 16.9. The van der Waals surface area contributed by atoms with E-state index < -0.39 is 16.4 Å². The van der Waals surface area contributed by atoms with E-state index in [1.165, 1.54) is 51.4 Å². The van der Waals surface area contributed by atoms with Gasteiger partial charge in [0, 0.05) is 6.42 Å². The Balaban J connectivity index is -0.00000578. The molecule has 0 saturated heterocycles.